The molecule has 1 aliphatic rings. The molecule has 130 valence electrons. The van der Waals surface area contributed by atoms with Gasteiger partial charge < -0.3 is 9.64 Å². The van der Waals surface area contributed by atoms with Gasteiger partial charge in [-0.3, -0.25) is 4.79 Å². The highest BCUT2D eigenvalue weighted by atomic mass is 32.2. The molecular weight excluding hydrogens is 348 g/mol. The van der Waals surface area contributed by atoms with Gasteiger partial charge in [0.15, 0.2) is 6.61 Å². The fourth-order valence-corrected chi connectivity index (χ4v) is 3.77. The van der Waals surface area contributed by atoms with Crippen LogP contribution in [0.4, 0.5) is 5.69 Å². The zero-order chi connectivity index (χ0) is 18.7. The van der Waals surface area contributed by atoms with Crippen molar-refractivity contribution in [1.29, 1.82) is 5.26 Å². The van der Waals surface area contributed by atoms with Crippen molar-refractivity contribution in [2.75, 3.05) is 18.6 Å². The summed E-state index contributed by atoms with van der Waals surface area (Å²) in [5.41, 5.74) is 2.23. The third kappa shape index (κ3) is 3.48. The van der Waals surface area contributed by atoms with Gasteiger partial charge in [-0.1, -0.05) is 41.6 Å². The average Bonchev–Trinajstić information content (AvgIpc) is 2.97. The first kappa shape index (κ1) is 17.8. The SMILES string of the molecule is Cc1cccc(C(=O)OCC(=O)/C(C#N)=C2\Sc3ccccc3N2C)c1. The van der Waals surface area contributed by atoms with Crippen molar-refractivity contribution in [3.8, 4) is 6.07 Å². The van der Waals surface area contributed by atoms with E-state index in [1.165, 1.54) is 11.8 Å². The Hall–Kier alpha value is -3.04. The molecule has 5 nitrogen and oxygen atoms in total. The molecule has 0 saturated carbocycles. The predicted molar refractivity (Wildman–Crippen MR) is 99.8 cm³/mol. The Morgan fingerprint density at radius 2 is 1.96 bits per heavy atom. The Morgan fingerprint density at radius 1 is 1.19 bits per heavy atom. The Morgan fingerprint density at radius 3 is 2.65 bits per heavy atom. The van der Waals surface area contributed by atoms with Crippen LogP contribution < -0.4 is 4.90 Å². The molecule has 0 amide bonds. The molecule has 0 N–H and O–H groups in total. The maximum atomic E-state index is 12.5. The van der Waals surface area contributed by atoms with Crippen LogP contribution in [-0.4, -0.2) is 25.4 Å². The van der Waals surface area contributed by atoms with Crippen LogP contribution in [0.5, 0.6) is 0 Å². The van der Waals surface area contributed by atoms with Crippen molar-refractivity contribution in [2.24, 2.45) is 0 Å². The van der Waals surface area contributed by atoms with E-state index < -0.39 is 18.4 Å². The van der Waals surface area contributed by atoms with E-state index in [1.807, 2.05) is 43.3 Å². The molecule has 0 aromatic heterocycles. The molecule has 0 unspecified atom stereocenters. The Balaban J connectivity index is 1.75. The standard InChI is InChI=1S/C20H16N2O3S/c1-13-6-5-7-14(10-13)20(24)25-12-17(23)15(11-21)19-22(2)16-8-3-4-9-18(16)26-19/h3-10H,12H2,1-2H3/b19-15-. The number of rotatable bonds is 4. The van der Waals surface area contributed by atoms with Gasteiger partial charge in [0.25, 0.3) is 0 Å². The maximum absolute atomic E-state index is 12.5. The highest BCUT2D eigenvalue weighted by Crippen LogP contribution is 2.46. The summed E-state index contributed by atoms with van der Waals surface area (Å²) in [7, 11) is 1.80. The highest BCUT2D eigenvalue weighted by Gasteiger charge is 2.28. The largest absolute Gasteiger partial charge is 0.454 e. The number of thioether (sulfide) groups is 1. The first-order valence-electron chi connectivity index (χ1n) is 7.93. The number of ether oxygens (including phenoxy) is 1. The number of hydrogen-bond donors (Lipinski definition) is 0. The van der Waals surface area contributed by atoms with E-state index in [9.17, 15) is 14.9 Å². The first-order valence-corrected chi connectivity index (χ1v) is 8.75. The molecule has 2 aromatic rings. The van der Waals surface area contributed by atoms with Crippen molar-refractivity contribution in [3.63, 3.8) is 0 Å². The summed E-state index contributed by atoms with van der Waals surface area (Å²) in [6.07, 6.45) is 0. The number of nitrogens with zero attached hydrogens (tertiary/aromatic N) is 2. The van der Waals surface area contributed by atoms with E-state index in [1.54, 1.807) is 30.1 Å². The van der Waals surface area contributed by atoms with E-state index in [-0.39, 0.29) is 5.57 Å². The quantitative estimate of drug-likeness (QED) is 0.468. The number of para-hydroxylation sites is 1. The van der Waals surface area contributed by atoms with Gasteiger partial charge in [-0.15, -0.1) is 0 Å². The molecule has 1 heterocycles. The van der Waals surface area contributed by atoms with E-state index in [4.69, 9.17) is 4.74 Å². The van der Waals surface area contributed by atoms with Gasteiger partial charge in [-0.05, 0) is 31.2 Å². The molecule has 0 fully saturated rings. The van der Waals surface area contributed by atoms with E-state index in [2.05, 4.69) is 0 Å². The van der Waals surface area contributed by atoms with Crippen molar-refractivity contribution in [1.82, 2.24) is 0 Å². The van der Waals surface area contributed by atoms with Crippen molar-refractivity contribution >= 4 is 29.2 Å². The van der Waals surface area contributed by atoms with Crippen LogP contribution in [-0.2, 0) is 9.53 Å². The second-order valence-electron chi connectivity index (χ2n) is 5.79. The smallest absolute Gasteiger partial charge is 0.338 e. The average molecular weight is 364 g/mol. The van der Waals surface area contributed by atoms with Gasteiger partial charge in [0, 0.05) is 11.9 Å². The van der Waals surface area contributed by atoms with E-state index in [0.29, 0.717) is 10.6 Å². The molecule has 0 spiro atoms. The molecule has 1 aliphatic heterocycles. The van der Waals surface area contributed by atoms with Crippen LogP contribution >= 0.6 is 11.8 Å². The zero-order valence-corrected chi connectivity index (χ0v) is 15.2. The molecule has 0 radical (unpaired) electrons. The third-order valence-electron chi connectivity index (χ3n) is 3.93. The summed E-state index contributed by atoms with van der Waals surface area (Å²) in [5.74, 6) is -1.10. The lowest BCUT2D eigenvalue weighted by molar-refractivity contribution is -0.118. The molecule has 0 bridgehead atoms. The number of anilines is 1. The predicted octanol–water partition coefficient (Wildman–Crippen LogP) is 3.70. The van der Waals surface area contributed by atoms with Gasteiger partial charge in [0.1, 0.15) is 16.7 Å². The van der Waals surface area contributed by atoms with Gasteiger partial charge in [0.05, 0.1) is 11.3 Å². The number of carbonyl (C=O) groups excluding carboxylic acids is 2. The molecule has 0 saturated heterocycles. The summed E-state index contributed by atoms with van der Waals surface area (Å²) >= 11 is 1.36. The third-order valence-corrected chi connectivity index (χ3v) is 5.17. The molecular formula is C20H16N2O3S. The first-order chi connectivity index (χ1) is 12.5. The number of carbonyl (C=O) groups is 2. The van der Waals surface area contributed by atoms with Crippen LogP contribution in [0, 0.1) is 18.3 Å². The number of fused-ring (bicyclic) bond motifs is 1. The summed E-state index contributed by atoms with van der Waals surface area (Å²) in [5, 5.41) is 10.0. The minimum atomic E-state index is -0.583. The minimum absolute atomic E-state index is 0.00857. The van der Waals surface area contributed by atoms with Gasteiger partial charge in [0.2, 0.25) is 5.78 Å². The normalized spacial score (nSPS) is 14.4. The lowest BCUT2D eigenvalue weighted by atomic mass is 10.1. The van der Waals surface area contributed by atoms with Crippen LogP contribution in [0.1, 0.15) is 15.9 Å². The van der Waals surface area contributed by atoms with Gasteiger partial charge >= 0.3 is 5.97 Å². The maximum Gasteiger partial charge on any atom is 0.338 e. The number of aryl methyl sites for hydroxylation is 1. The Bertz CT molecular complexity index is 960. The number of esters is 1. The Labute approximate surface area is 155 Å². The summed E-state index contributed by atoms with van der Waals surface area (Å²) in [6.45, 7) is 1.40. The second-order valence-corrected chi connectivity index (χ2v) is 6.82. The number of Topliss-reactive ketones (excluding diaryl/α,β-unsaturated/α-hetero) is 1. The topological polar surface area (TPSA) is 70.4 Å². The van der Waals surface area contributed by atoms with Crippen molar-refractivity contribution in [3.05, 3.63) is 70.3 Å². The van der Waals surface area contributed by atoms with Gasteiger partial charge in [-0.2, -0.15) is 5.26 Å². The Kier molecular flexibility index (Phi) is 5.10. The minimum Gasteiger partial charge on any atom is -0.454 e. The monoisotopic (exact) mass is 364 g/mol. The lowest BCUT2D eigenvalue weighted by Crippen LogP contribution is -2.20. The molecule has 2 aromatic carbocycles. The molecule has 6 heteroatoms. The number of nitriles is 1. The van der Waals surface area contributed by atoms with E-state index in [0.717, 1.165) is 16.1 Å². The number of ketones is 1. The summed E-state index contributed by atoms with van der Waals surface area (Å²) < 4.78 is 5.10. The van der Waals surface area contributed by atoms with Crippen LogP contribution in [0.3, 0.4) is 0 Å². The molecule has 3 rings (SSSR count). The lowest BCUT2D eigenvalue weighted by Gasteiger charge is -2.14. The summed E-state index contributed by atoms with van der Waals surface area (Å²) in [4.78, 5) is 27.3. The van der Waals surface area contributed by atoms with Crippen LogP contribution in [0.25, 0.3) is 0 Å². The fourth-order valence-electron chi connectivity index (χ4n) is 2.61. The fraction of sp³-hybridized carbons (Fsp3) is 0.150. The molecule has 0 aliphatic carbocycles. The number of benzene rings is 2. The van der Waals surface area contributed by atoms with Crippen LogP contribution in [0.2, 0.25) is 0 Å². The summed E-state index contributed by atoms with van der Waals surface area (Å²) in [6, 6.07) is 16.5. The molecule has 26 heavy (non-hydrogen) atoms. The molecule has 0 atom stereocenters. The zero-order valence-electron chi connectivity index (χ0n) is 14.4. The second kappa shape index (κ2) is 7.46. The highest BCUT2D eigenvalue weighted by molar-refractivity contribution is 8.03. The van der Waals surface area contributed by atoms with Gasteiger partial charge in [-0.25, -0.2) is 4.79 Å². The number of hydrogen-bond acceptors (Lipinski definition) is 6. The van der Waals surface area contributed by atoms with Crippen molar-refractivity contribution < 1.29 is 14.3 Å². The van der Waals surface area contributed by atoms with E-state index >= 15 is 0 Å². The van der Waals surface area contributed by atoms with Crippen molar-refractivity contribution in [2.45, 2.75) is 11.8 Å². The van der Waals surface area contributed by atoms with Crippen LogP contribution in [0.15, 0.2) is 64.0 Å².